The number of nitrogens with one attached hydrogen (secondary N) is 2. The molecule has 0 fully saturated rings. The van der Waals surface area contributed by atoms with Crippen molar-refractivity contribution < 1.29 is 5.11 Å². The maximum Gasteiger partial charge on any atom is 0.323 e. The van der Waals surface area contributed by atoms with Gasteiger partial charge in [0.25, 0.3) is 0 Å². The van der Waals surface area contributed by atoms with E-state index in [1.165, 1.54) is 0 Å². The number of hydrogen-bond acceptors (Lipinski definition) is 2. The predicted molar refractivity (Wildman–Crippen MR) is 57.3 cm³/mol. The maximum atomic E-state index is 11.0. The van der Waals surface area contributed by atoms with Crippen molar-refractivity contribution >= 4 is 27.0 Å². The van der Waals surface area contributed by atoms with Gasteiger partial charge in [-0.25, -0.2) is 4.79 Å². The Labute approximate surface area is 88.1 Å². The SMILES string of the molecule is CC(O)c1cc2[nH]c(=O)[nH]c2cc1Br. The minimum absolute atomic E-state index is 0.241. The second kappa shape index (κ2) is 3.25. The highest BCUT2D eigenvalue weighted by atomic mass is 79.9. The van der Waals surface area contributed by atoms with Crippen molar-refractivity contribution in [3.63, 3.8) is 0 Å². The van der Waals surface area contributed by atoms with E-state index < -0.39 is 6.10 Å². The molecule has 0 aliphatic rings. The maximum absolute atomic E-state index is 11.0. The highest BCUT2D eigenvalue weighted by molar-refractivity contribution is 9.10. The molecule has 2 rings (SSSR count). The fraction of sp³-hybridized carbons (Fsp3) is 0.222. The molecule has 0 saturated carbocycles. The third-order valence-electron chi connectivity index (χ3n) is 2.08. The third kappa shape index (κ3) is 1.49. The van der Waals surface area contributed by atoms with Gasteiger partial charge in [0.15, 0.2) is 0 Å². The lowest BCUT2D eigenvalue weighted by Crippen LogP contribution is -1.99. The van der Waals surface area contributed by atoms with E-state index in [-0.39, 0.29) is 5.69 Å². The minimum Gasteiger partial charge on any atom is -0.389 e. The number of fused-ring (bicyclic) bond motifs is 1. The van der Waals surface area contributed by atoms with Crippen LogP contribution in [0.1, 0.15) is 18.6 Å². The molecule has 0 aliphatic carbocycles. The number of aromatic nitrogens is 2. The smallest absolute Gasteiger partial charge is 0.323 e. The van der Waals surface area contributed by atoms with Crippen molar-refractivity contribution in [1.82, 2.24) is 9.97 Å². The summed E-state index contributed by atoms with van der Waals surface area (Å²) in [5.41, 5.74) is 1.95. The predicted octanol–water partition coefficient (Wildman–Crippen LogP) is 1.67. The normalized spacial score (nSPS) is 13.4. The largest absolute Gasteiger partial charge is 0.389 e. The van der Waals surface area contributed by atoms with Gasteiger partial charge in [-0.05, 0) is 24.6 Å². The van der Waals surface area contributed by atoms with E-state index in [4.69, 9.17) is 0 Å². The molecule has 14 heavy (non-hydrogen) atoms. The number of hydrogen-bond donors (Lipinski definition) is 3. The van der Waals surface area contributed by atoms with Crippen molar-refractivity contribution in [2.75, 3.05) is 0 Å². The first-order chi connectivity index (χ1) is 6.58. The van der Waals surface area contributed by atoms with Gasteiger partial charge < -0.3 is 15.1 Å². The highest BCUT2D eigenvalue weighted by Crippen LogP contribution is 2.26. The molecule has 2 aromatic rings. The molecule has 1 atom stereocenters. The molecule has 3 N–H and O–H groups in total. The fourth-order valence-electron chi connectivity index (χ4n) is 1.39. The number of halogens is 1. The van der Waals surface area contributed by atoms with Gasteiger partial charge in [0.1, 0.15) is 0 Å². The molecule has 0 spiro atoms. The number of aliphatic hydroxyl groups is 1. The summed E-state index contributed by atoms with van der Waals surface area (Å²) >= 11 is 3.33. The second-order valence-electron chi connectivity index (χ2n) is 3.17. The number of rotatable bonds is 1. The van der Waals surface area contributed by atoms with Crippen LogP contribution in [-0.2, 0) is 0 Å². The number of H-pyrrole nitrogens is 2. The Hall–Kier alpha value is -1.07. The first-order valence-corrected chi connectivity index (χ1v) is 4.97. The van der Waals surface area contributed by atoms with Gasteiger partial charge in [-0.2, -0.15) is 0 Å². The molecule has 5 heteroatoms. The van der Waals surface area contributed by atoms with Crippen molar-refractivity contribution in [2.24, 2.45) is 0 Å². The molecule has 0 radical (unpaired) electrons. The first-order valence-electron chi connectivity index (χ1n) is 4.17. The van der Waals surface area contributed by atoms with Crippen LogP contribution in [0.5, 0.6) is 0 Å². The number of aromatic amines is 2. The molecule has 1 aromatic heterocycles. The van der Waals surface area contributed by atoms with Crippen LogP contribution in [-0.4, -0.2) is 15.1 Å². The Balaban J connectivity index is 2.76. The van der Waals surface area contributed by atoms with Gasteiger partial charge in [0, 0.05) is 4.47 Å². The van der Waals surface area contributed by atoms with Crippen LogP contribution in [0.2, 0.25) is 0 Å². The lowest BCUT2D eigenvalue weighted by atomic mass is 10.1. The molecular formula is C9H9BrN2O2. The zero-order valence-corrected chi connectivity index (χ0v) is 9.05. The van der Waals surface area contributed by atoms with Gasteiger partial charge in [-0.15, -0.1) is 0 Å². The van der Waals surface area contributed by atoms with Crippen LogP contribution in [0, 0.1) is 0 Å². The molecule has 0 amide bonds. The van der Waals surface area contributed by atoms with E-state index in [1.54, 1.807) is 19.1 Å². The quantitative estimate of drug-likeness (QED) is 0.727. The van der Waals surface area contributed by atoms with Gasteiger partial charge in [-0.3, -0.25) is 0 Å². The molecule has 0 bridgehead atoms. The first kappa shape index (κ1) is 9.48. The van der Waals surface area contributed by atoms with Crippen LogP contribution in [0.25, 0.3) is 11.0 Å². The standard InChI is InChI=1S/C9H9BrN2O2/c1-4(13)5-2-7-8(3-6(5)10)12-9(14)11-7/h2-4,13H,1H3,(H2,11,12,14). The lowest BCUT2D eigenvalue weighted by molar-refractivity contribution is 0.198. The van der Waals surface area contributed by atoms with E-state index in [0.29, 0.717) is 5.52 Å². The summed E-state index contributed by atoms with van der Waals surface area (Å²) in [6, 6.07) is 3.53. The average Bonchev–Trinajstić information content (AvgIpc) is 2.42. The van der Waals surface area contributed by atoms with Crippen molar-refractivity contribution in [2.45, 2.75) is 13.0 Å². The molecule has 1 unspecified atom stereocenters. The van der Waals surface area contributed by atoms with E-state index in [9.17, 15) is 9.90 Å². The second-order valence-corrected chi connectivity index (χ2v) is 4.03. The Bertz CT molecular complexity index is 527. The van der Waals surface area contributed by atoms with Crippen LogP contribution in [0.4, 0.5) is 0 Å². The summed E-state index contributed by atoms with van der Waals surface area (Å²) in [5, 5.41) is 9.44. The summed E-state index contributed by atoms with van der Waals surface area (Å²) < 4.78 is 0.787. The summed E-state index contributed by atoms with van der Waals surface area (Å²) in [6.45, 7) is 1.68. The van der Waals surface area contributed by atoms with Gasteiger partial charge in [0.05, 0.1) is 17.1 Å². The monoisotopic (exact) mass is 256 g/mol. The van der Waals surface area contributed by atoms with Crippen molar-refractivity contribution in [3.05, 3.63) is 32.7 Å². The Morgan fingerprint density at radius 1 is 1.36 bits per heavy atom. The van der Waals surface area contributed by atoms with Gasteiger partial charge in [0.2, 0.25) is 0 Å². The van der Waals surface area contributed by atoms with Crippen LogP contribution in [0.3, 0.4) is 0 Å². The van der Waals surface area contributed by atoms with Crippen LogP contribution >= 0.6 is 15.9 Å². The molecule has 1 heterocycles. The van der Waals surface area contributed by atoms with Crippen LogP contribution in [0.15, 0.2) is 21.4 Å². The molecule has 4 nitrogen and oxygen atoms in total. The molecule has 1 aromatic carbocycles. The lowest BCUT2D eigenvalue weighted by Gasteiger charge is -2.06. The molecule has 74 valence electrons. The number of aliphatic hydroxyl groups excluding tert-OH is 1. The van der Waals surface area contributed by atoms with Gasteiger partial charge in [-0.1, -0.05) is 15.9 Å². The Morgan fingerprint density at radius 3 is 2.50 bits per heavy atom. The minimum atomic E-state index is -0.563. The fourth-order valence-corrected chi connectivity index (χ4v) is 2.07. The van der Waals surface area contributed by atoms with Gasteiger partial charge >= 0.3 is 5.69 Å². The number of benzene rings is 1. The molecule has 0 saturated heterocycles. The van der Waals surface area contributed by atoms with E-state index >= 15 is 0 Å². The van der Waals surface area contributed by atoms with Crippen molar-refractivity contribution in [1.29, 1.82) is 0 Å². The van der Waals surface area contributed by atoms with E-state index in [2.05, 4.69) is 25.9 Å². The summed E-state index contributed by atoms with van der Waals surface area (Å²) in [5.74, 6) is 0. The third-order valence-corrected chi connectivity index (χ3v) is 2.77. The average molecular weight is 257 g/mol. The topological polar surface area (TPSA) is 68.9 Å². The summed E-state index contributed by atoms with van der Waals surface area (Å²) in [6.07, 6.45) is -0.563. The highest BCUT2D eigenvalue weighted by Gasteiger charge is 2.09. The Kier molecular flexibility index (Phi) is 2.20. The van der Waals surface area contributed by atoms with E-state index in [1.807, 2.05) is 0 Å². The summed E-state index contributed by atoms with van der Waals surface area (Å²) in [7, 11) is 0. The molecular weight excluding hydrogens is 248 g/mol. The Morgan fingerprint density at radius 2 is 1.93 bits per heavy atom. The number of imidazole rings is 1. The van der Waals surface area contributed by atoms with Crippen molar-refractivity contribution in [3.8, 4) is 0 Å². The summed E-state index contributed by atoms with van der Waals surface area (Å²) in [4.78, 5) is 16.3. The van der Waals surface area contributed by atoms with Crippen LogP contribution < -0.4 is 5.69 Å². The zero-order chi connectivity index (χ0) is 10.3. The molecule has 0 aliphatic heterocycles. The zero-order valence-electron chi connectivity index (χ0n) is 7.47. The van der Waals surface area contributed by atoms with E-state index in [0.717, 1.165) is 15.6 Å².